The third kappa shape index (κ3) is 3.73. The Morgan fingerprint density at radius 2 is 2.19 bits per heavy atom. The molecule has 0 bridgehead atoms. The first-order chi connectivity index (χ1) is 7.77. The third-order valence-electron chi connectivity index (χ3n) is 1.90. The van der Waals surface area contributed by atoms with Gasteiger partial charge in [-0.3, -0.25) is 9.79 Å². The molecule has 0 fully saturated rings. The summed E-state index contributed by atoms with van der Waals surface area (Å²) in [6.07, 6.45) is 1.61. The minimum absolute atomic E-state index is 0.0336. The quantitative estimate of drug-likeness (QED) is 0.561. The molecule has 0 aliphatic carbocycles. The lowest BCUT2D eigenvalue weighted by atomic mass is 10.2. The molecule has 1 aromatic carbocycles. The van der Waals surface area contributed by atoms with E-state index in [1.165, 1.54) is 0 Å². The van der Waals surface area contributed by atoms with Crippen LogP contribution >= 0.6 is 0 Å². The van der Waals surface area contributed by atoms with E-state index in [1.807, 2.05) is 24.3 Å². The van der Waals surface area contributed by atoms with Crippen LogP contribution in [0.2, 0.25) is 0 Å². The van der Waals surface area contributed by atoms with Crippen molar-refractivity contribution in [2.75, 3.05) is 20.3 Å². The number of aliphatic imine (C=N–C) groups is 1. The summed E-state index contributed by atoms with van der Waals surface area (Å²) >= 11 is 0. The summed E-state index contributed by atoms with van der Waals surface area (Å²) in [6.45, 7) is 2.18. The van der Waals surface area contributed by atoms with Crippen molar-refractivity contribution in [3.8, 4) is 5.75 Å². The molecule has 0 aliphatic heterocycles. The van der Waals surface area contributed by atoms with Gasteiger partial charge in [0.1, 0.15) is 12.3 Å². The zero-order chi connectivity index (χ0) is 11.8. The summed E-state index contributed by atoms with van der Waals surface area (Å²) in [5.74, 6) is 0.406. The van der Waals surface area contributed by atoms with Gasteiger partial charge in [-0.15, -0.1) is 0 Å². The maximum Gasteiger partial charge on any atom is 0.327 e. The molecular formula is C12H15NO3. The van der Waals surface area contributed by atoms with Crippen molar-refractivity contribution < 1.29 is 14.3 Å². The predicted octanol–water partition coefficient (Wildman–Crippen LogP) is 1.68. The molecule has 0 atom stereocenters. The monoisotopic (exact) mass is 221 g/mol. The van der Waals surface area contributed by atoms with Crippen LogP contribution in [0, 0.1) is 0 Å². The Kier molecular flexibility index (Phi) is 5.05. The zero-order valence-electron chi connectivity index (χ0n) is 9.47. The molecular weight excluding hydrogens is 206 g/mol. The van der Waals surface area contributed by atoms with E-state index in [1.54, 1.807) is 20.2 Å². The largest absolute Gasteiger partial charge is 0.496 e. The molecule has 0 aromatic heterocycles. The van der Waals surface area contributed by atoms with Gasteiger partial charge in [0.15, 0.2) is 0 Å². The van der Waals surface area contributed by atoms with Crippen LogP contribution in [0.3, 0.4) is 0 Å². The molecule has 0 saturated carbocycles. The van der Waals surface area contributed by atoms with E-state index in [0.717, 1.165) is 11.3 Å². The number of rotatable bonds is 5. The standard InChI is InChI=1S/C12H15NO3/c1-3-16-12(14)9-13-8-10-6-4-5-7-11(10)15-2/h4-8H,3,9H2,1-2H3. The van der Waals surface area contributed by atoms with Gasteiger partial charge in [-0.2, -0.15) is 0 Å². The number of carbonyl (C=O) groups is 1. The molecule has 4 heteroatoms. The summed E-state index contributed by atoms with van der Waals surface area (Å²) in [5, 5.41) is 0. The summed E-state index contributed by atoms with van der Waals surface area (Å²) in [5.41, 5.74) is 0.842. The average molecular weight is 221 g/mol. The van der Waals surface area contributed by atoms with E-state index in [-0.39, 0.29) is 12.5 Å². The van der Waals surface area contributed by atoms with Crippen LogP contribution in [-0.2, 0) is 9.53 Å². The van der Waals surface area contributed by atoms with Crippen LogP contribution in [0.4, 0.5) is 0 Å². The first kappa shape index (κ1) is 12.2. The van der Waals surface area contributed by atoms with Gasteiger partial charge in [-0.1, -0.05) is 12.1 Å². The van der Waals surface area contributed by atoms with Crippen molar-refractivity contribution in [2.24, 2.45) is 4.99 Å². The van der Waals surface area contributed by atoms with Crippen LogP contribution in [0.1, 0.15) is 12.5 Å². The van der Waals surface area contributed by atoms with Crippen molar-refractivity contribution in [3.63, 3.8) is 0 Å². The van der Waals surface area contributed by atoms with E-state index in [9.17, 15) is 4.79 Å². The van der Waals surface area contributed by atoms with Gasteiger partial charge in [0, 0.05) is 11.8 Å². The number of carbonyl (C=O) groups excluding carboxylic acids is 1. The first-order valence-corrected chi connectivity index (χ1v) is 5.06. The molecule has 0 aliphatic rings. The van der Waals surface area contributed by atoms with Crippen molar-refractivity contribution >= 4 is 12.2 Å². The van der Waals surface area contributed by atoms with Crippen LogP contribution < -0.4 is 4.74 Å². The fourth-order valence-electron chi connectivity index (χ4n) is 1.20. The molecule has 0 saturated heterocycles. The fourth-order valence-corrected chi connectivity index (χ4v) is 1.20. The summed E-state index contributed by atoms with van der Waals surface area (Å²) < 4.78 is 9.90. The molecule has 86 valence electrons. The highest BCUT2D eigenvalue weighted by molar-refractivity contribution is 5.85. The van der Waals surface area contributed by atoms with Crippen molar-refractivity contribution in [1.29, 1.82) is 0 Å². The van der Waals surface area contributed by atoms with Gasteiger partial charge in [-0.05, 0) is 19.1 Å². The summed E-state index contributed by atoms with van der Waals surface area (Å²) in [4.78, 5) is 15.0. The Balaban J connectivity index is 2.58. The molecule has 16 heavy (non-hydrogen) atoms. The number of esters is 1. The van der Waals surface area contributed by atoms with Gasteiger partial charge in [-0.25, -0.2) is 0 Å². The van der Waals surface area contributed by atoms with Crippen molar-refractivity contribution in [1.82, 2.24) is 0 Å². The number of nitrogens with zero attached hydrogens (tertiary/aromatic N) is 1. The van der Waals surface area contributed by atoms with Crippen LogP contribution in [0.5, 0.6) is 5.75 Å². The van der Waals surface area contributed by atoms with E-state index < -0.39 is 0 Å². The Morgan fingerprint density at radius 3 is 2.88 bits per heavy atom. The smallest absolute Gasteiger partial charge is 0.327 e. The summed E-state index contributed by atoms with van der Waals surface area (Å²) in [6, 6.07) is 7.47. The highest BCUT2D eigenvalue weighted by atomic mass is 16.5. The first-order valence-electron chi connectivity index (χ1n) is 5.06. The second-order valence-corrected chi connectivity index (χ2v) is 3.02. The number of para-hydroxylation sites is 1. The summed E-state index contributed by atoms with van der Waals surface area (Å²) in [7, 11) is 1.60. The Bertz CT molecular complexity index is 374. The lowest BCUT2D eigenvalue weighted by molar-refractivity contribution is -0.141. The van der Waals surface area contributed by atoms with E-state index >= 15 is 0 Å². The molecule has 0 amide bonds. The fraction of sp³-hybridized carbons (Fsp3) is 0.333. The van der Waals surface area contributed by atoms with Gasteiger partial charge in [0.05, 0.1) is 13.7 Å². The molecule has 0 unspecified atom stereocenters. The molecule has 0 heterocycles. The Hall–Kier alpha value is -1.84. The molecule has 0 radical (unpaired) electrons. The minimum Gasteiger partial charge on any atom is -0.496 e. The number of methoxy groups -OCH3 is 1. The third-order valence-corrected chi connectivity index (χ3v) is 1.90. The van der Waals surface area contributed by atoms with Gasteiger partial charge < -0.3 is 9.47 Å². The lowest BCUT2D eigenvalue weighted by Crippen LogP contribution is -2.07. The molecule has 0 spiro atoms. The van der Waals surface area contributed by atoms with Crippen molar-refractivity contribution in [2.45, 2.75) is 6.92 Å². The molecule has 4 nitrogen and oxygen atoms in total. The zero-order valence-corrected chi connectivity index (χ0v) is 9.47. The van der Waals surface area contributed by atoms with Gasteiger partial charge in [0.2, 0.25) is 0 Å². The normalized spacial score (nSPS) is 10.4. The molecule has 1 aromatic rings. The van der Waals surface area contributed by atoms with Crippen LogP contribution in [-0.4, -0.2) is 32.4 Å². The topological polar surface area (TPSA) is 47.9 Å². The SMILES string of the molecule is CCOC(=O)CN=Cc1ccccc1OC. The minimum atomic E-state index is -0.325. The van der Waals surface area contributed by atoms with Crippen molar-refractivity contribution in [3.05, 3.63) is 29.8 Å². The number of hydrogen-bond acceptors (Lipinski definition) is 4. The highest BCUT2D eigenvalue weighted by Gasteiger charge is 1.99. The second-order valence-electron chi connectivity index (χ2n) is 3.02. The lowest BCUT2D eigenvalue weighted by Gasteiger charge is -2.02. The number of benzene rings is 1. The van der Waals surface area contributed by atoms with Crippen LogP contribution in [0.15, 0.2) is 29.3 Å². The van der Waals surface area contributed by atoms with E-state index in [0.29, 0.717) is 6.61 Å². The van der Waals surface area contributed by atoms with E-state index in [4.69, 9.17) is 9.47 Å². The predicted molar refractivity (Wildman–Crippen MR) is 62.1 cm³/mol. The van der Waals surface area contributed by atoms with Gasteiger partial charge >= 0.3 is 5.97 Å². The van der Waals surface area contributed by atoms with E-state index in [2.05, 4.69) is 4.99 Å². The maximum atomic E-state index is 11.0. The molecule has 1 rings (SSSR count). The maximum absolute atomic E-state index is 11.0. The average Bonchev–Trinajstić information content (AvgIpc) is 2.30. The van der Waals surface area contributed by atoms with Crippen LogP contribution in [0.25, 0.3) is 0 Å². The Morgan fingerprint density at radius 1 is 1.44 bits per heavy atom. The second kappa shape index (κ2) is 6.61. The number of ether oxygens (including phenoxy) is 2. The number of hydrogen-bond donors (Lipinski definition) is 0. The van der Waals surface area contributed by atoms with Gasteiger partial charge in [0.25, 0.3) is 0 Å². The Labute approximate surface area is 94.9 Å². The highest BCUT2D eigenvalue weighted by Crippen LogP contribution is 2.14. The molecule has 0 N–H and O–H groups in total.